The Morgan fingerprint density at radius 3 is 1.59 bits per heavy atom. The van der Waals surface area contributed by atoms with Crippen molar-refractivity contribution < 1.29 is 14.9 Å². The van der Waals surface area contributed by atoms with Crippen LogP contribution in [-0.4, -0.2) is 40.5 Å². The van der Waals surface area contributed by atoms with Gasteiger partial charge in [0.2, 0.25) is 0 Å². The Morgan fingerprint density at radius 1 is 0.735 bits per heavy atom. The standard InChI is InChI=1S/C27H34N2O3.2ClH/c1-20(17-22-13-15-25(16-14-22)32-21(2)28)29(18-26(30)23-9-5-3-6-10-23)19-27(31)24-11-7-4-8-12-24;;/h3-16,20-21,26-27,30-31H,17-19,28H2,1-2H3;2*1H. The minimum atomic E-state index is -0.636. The average Bonchev–Trinajstić information content (AvgIpc) is 2.80. The van der Waals surface area contributed by atoms with E-state index < -0.39 is 12.2 Å². The third-order valence-corrected chi connectivity index (χ3v) is 5.58. The highest BCUT2D eigenvalue weighted by Crippen LogP contribution is 2.22. The molecule has 0 bridgehead atoms. The van der Waals surface area contributed by atoms with Crippen LogP contribution in [0.15, 0.2) is 84.9 Å². The van der Waals surface area contributed by atoms with Gasteiger partial charge < -0.3 is 14.9 Å². The molecular formula is C27H36Cl2N2O3. The molecule has 7 heteroatoms. The monoisotopic (exact) mass is 506 g/mol. The number of aliphatic hydroxyl groups is 2. The highest BCUT2D eigenvalue weighted by Gasteiger charge is 2.22. The summed E-state index contributed by atoms with van der Waals surface area (Å²) in [4.78, 5) is 2.15. The zero-order chi connectivity index (χ0) is 22.9. The van der Waals surface area contributed by atoms with Gasteiger partial charge >= 0.3 is 0 Å². The van der Waals surface area contributed by atoms with Crippen molar-refractivity contribution in [1.82, 2.24) is 4.90 Å². The van der Waals surface area contributed by atoms with Crippen molar-refractivity contribution in [3.05, 3.63) is 102 Å². The number of benzene rings is 3. The zero-order valence-electron chi connectivity index (χ0n) is 19.7. The van der Waals surface area contributed by atoms with Crippen LogP contribution in [0.25, 0.3) is 0 Å². The minimum Gasteiger partial charge on any atom is -0.476 e. The molecule has 0 aliphatic carbocycles. The molecule has 3 rings (SSSR count). The van der Waals surface area contributed by atoms with Crippen LogP contribution < -0.4 is 10.5 Å². The topological polar surface area (TPSA) is 79.0 Å². The molecule has 0 spiro atoms. The van der Waals surface area contributed by atoms with E-state index in [1.54, 1.807) is 6.92 Å². The summed E-state index contributed by atoms with van der Waals surface area (Å²) in [7, 11) is 0. The van der Waals surface area contributed by atoms with E-state index in [1.807, 2.05) is 84.9 Å². The normalized spacial score (nSPS) is 14.3. The fraction of sp³-hybridized carbons (Fsp3) is 0.333. The maximum Gasteiger partial charge on any atom is 0.144 e. The molecule has 0 saturated carbocycles. The average molecular weight is 508 g/mol. The first-order valence-electron chi connectivity index (χ1n) is 11.1. The van der Waals surface area contributed by atoms with Gasteiger partial charge in [0.1, 0.15) is 12.0 Å². The summed E-state index contributed by atoms with van der Waals surface area (Å²) >= 11 is 0. The van der Waals surface area contributed by atoms with Gasteiger partial charge in [-0.3, -0.25) is 10.6 Å². The van der Waals surface area contributed by atoms with Gasteiger partial charge in [0, 0.05) is 19.1 Å². The Balaban J connectivity index is 0.00000289. The van der Waals surface area contributed by atoms with Crippen molar-refractivity contribution in [2.24, 2.45) is 5.73 Å². The van der Waals surface area contributed by atoms with Gasteiger partial charge in [-0.1, -0.05) is 72.8 Å². The number of aliphatic hydroxyl groups excluding tert-OH is 2. The molecule has 4 unspecified atom stereocenters. The maximum absolute atomic E-state index is 10.9. The lowest BCUT2D eigenvalue weighted by Gasteiger charge is -2.33. The van der Waals surface area contributed by atoms with Gasteiger partial charge in [-0.25, -0.2) is 0 Å². The lowest BCUT2D eigenvalue weighted by molar-refractivity contribution is 0.0480. The first-order chi connectivity index (χ1) is 15.4. The Labute approximate surface area is 215 Å². The first-order valence-corrected chi connectivity index (χ1v) is 11.1. The van der Waals surface area contributed by atoms with E-state index in [4.69, 9.17) is 10.5 Å². The Hall–Kier alpha value is -2.12. The third-order valence-electron chi connectivity index (χ3n) is 5.58. The zero-order valence-corrected chi connectivity index (χ0v) is 21.3. The Kier molecular flexibility index (Phi) is 13.2. The number of ether oxygens (including phenoxy) is 1. The summed E-state index contributed by atoms with van der Waals surface area (Å²) in [5, 5.41) is 21.7. The number of nitrogens with zero attached hydrogens (tertiary/aromatic N) is 1. The van der Waals surface area contributed by atoms with Crippen LogP contribution in [0.2, 0.25) is 0 Å². The van der Waals surface area contributed by atoms with Gasteiger partial charge in [-0.05, 0) is 49.1 Å². The molecule has 0 aliphatic rings. The molecule has 0 heterocycles. The molecule has 0 aromatic heterocycles. The second-order valence-electron chi connectivity index (χ2n) is 8.33. The van der Waals surface area contributed by atoms with Gasteiger partial charge in [0.25, 0.3) is 0 Å². The number of halogens is 2. The maximum atomic E-state index is 10.9. The number of hydrogen-bond acceptors (Lipinski definition) is 5. The molecule has 0 radical (unpaired) electrons. The molecule has 0 amide bonds. The van der Waals surface area contributed by atoms with Crippen LogP contribution in [0, 0.1) is 0 Å². The Morgan fingerprint density at radius 2 is 1.18 bits per heavy atom. The van der Waals surface area contributed by atoms with Crippen molar-refractivity contribution in [3.8, 4) is 5.75 Å². The number of hydrogen-bond donors (Lipinski definition) is 3. The molecule has 3 aromatic rings. The second kappa shape index (κ2) is 15.0. The summed E-state index contributed by atoms with van der Waals surface area (Å²) in [6.45, 7) is 4.79. The Bertz CT molecular complexity index is 880. The summed E-state index contributed by atoms with van der Waals surface area (Å²) in [5.74, 6) is 0.743. The van der Waals surface area contributed by atoms with Gasteiger partial charge in [0.05, 0.1) is 12.2 Å². The van der Waals surface area contributed by atoms with Crippen LogP contribution in [0.5, 0.6) is 5.75 Å². The third kappa shape index (κ3) is 9.26. The fourth-order valence-corrected chi connectivity index (χ4v) is 3.83. The summed E-state index contributed by atoms with van der Waals surface area (Å²) in [6.07, 6.45) is -0.845. The van der Waals surface area contributed by atoms with E-state index in [2.05, 4.69) is 11.8 Å². The van der Waals surface area contributed by atoms with Crippen molar-refractivity contribution in [2.75, 3.05) is 13.1 Å². The summed E-state index contributed by atoms with van der Waals surface area (Å²) < 4.78 is 5.53. The van der Waals surface area contributed by atoms with Gasteiger partial charge in [-0.15, -0.1) is 24.8 Å². The highest BCUT2D eigenvalue weighted by molar-refractivity contribution is 5.85. The first kappa shape index (κ1) is 29.9. The van der Waals surface area contributed by atoms with Crippen molar-refractivity contribution >= 4 is 24.8 Å². The number of nitrogens with two attached hydrogens (primary N) is 1. The molecule has 0 saturated heterocycles. The predicted octanol–water partition coefficient (Wildman–Crippen LogP) is 4.91. The number of rotatable bonds is 11. The van der Waals surface area contributed by atoms with Crippen molar-refractivity contribution in [1.29, 1.82) is 0 Å². The van der Waals surface area contributed by atoms with Crippen molar-refractivity contribution in [3.63, 3.8) is 0 Å². The van der Waals surface area contributed by atoms with Crippen LogP contribution in [0.1, 0.15) is 42.7 Å². The van der Waals surface area contributed by atoms with Crippen LogP contribution >= 0.6 is 24.8 Å². The van der Waals surface area contributed by atoms with Crippen LogP contribution in [0.4, 0.5) is 0 Å². The summed E-state index contributed by atoms with van der Waals surface area (Å²) in [5.41, 5.74) is 8.59. The highest BCUT2D eigenvalue weighted by atomic mass is 35.5. The van der Waals surface area contributed by atoms with E-state index in [9.17, 15) is 10.2 Å². The van der Waals surface area contributed by atoms with Crippen LogP contribution in [0.3, 0.4) is 0 Å². The van der Waals surface area contributed by atoms with E-state index >= 15 is 0 Å². The molecule has 34 heavy (non-hydrogen) atoms. The summed E-state index contributed by atoms with van der Waals surface area (Å²) in [6, 6.07) is 27.3. The molecule has 3 aromatic carbocycles. The SMILES string of the molecule is CC(N)Oc1ccc(CC(C)N(CC(O)c2ccccc2)CC(O)c2ccccc2)cc1.Cl.Cl. The molecular weight excluding hydrogens is 471 g/mol. The predicted molar refractivity (Wildman–Crippen MR) is 143 cm³/mol. The quantitative estimate of drug-likeness (QED) is 0.322. The van der Waals surface area contributed by atoms with Crippen LogP contribution in [-0.2, 0) is 6.42 Å². The largest absolute Gasteiger partial charge is 0.476 e. The molecule has 186 valence electrons. The minimum absolute atomic E-state index is 0. The van der Waals surface area contributed by atoms with E-state index in [-0.39, 0.29) is 37.1 Å². The van der Waals surface area contributed by atoms with Gasteiger partial charge in [-0.2, -0.15) is 0 Å². The molecule has 5 nitrogen and oxygen atoms in total. The lowest BCUT2D eigenvalue weighted by Crippen LogP contribution is -2.40. The molecule has 0 fully saturated rings. The lowest BCUT2D eigenvalue weighted by atomic mass is 10.0. The second-order valence-corrected chi connectivity index (χ2v) is 8.33. The molecule has 4 atom stereocenters. The molecule has 4 N–H and O–H groups in total. The van der Waals surface area contributed by atoms with E-state index in [1.165, 1.54) is 0 Å². The van der Waals surface area contributed by atoms with E-state index in [0.717, 1.165) is 28.9 Å². The van der Waals surface area contributed by atoms with Crippen molar-refractivity contribution in [2.45, 2.75) is 44.7 Å². The fourth-order valence-electron chi connectivity index (χ4n) is 3.83. The van der Waals surface area contributed by atoms with Gasteiger partial charge in [0.15, 0.2) is 0 Å². The molecule has 0 aliphatic heterocycles. The van der Waals surface area contributed by atoms with E-state index in [0.29, 0.717) is 13.1 Å². The smallest absolute Gasteiger partial charge is 0.144 e.